The van der Waals surface area contributed by atoms with Crippen molar-refractivity contribution in [3.05, 3.63) is 38.9 Å². The number of hydroxylamine groups is 1. The maximum atomic E-state index is 15.6. The zero-order valence-corrected chi connectivity index (χ0v) is 18.8. The lowest BCUT2D eigenvalue weighted by atomic mass is 10.1. The molecule has 9 nitrogen and oxygen atoms in total. The molecule has 1 aliphatic carbocycles. The van der Waals surface area contributed by atoms with E-state index in [0.717, 1.165) is 24.2 Å². The third-order valence-electron chi connectivity index (χ3n) is 6.14. The van der Waals surface area contributed by atoms with Gasteiger partial charge in [0.15, 0.2) is 17.3 Å². The maximum absolute atomic E-state index is 15.6. The number of anilines is 1. The summed E-state index contributed by atoms with van der Waals surface area (Å²) >= 11 is 1.05. The van der Waals surface area contributed by atoms with Crippen LogP contribution in [0.25, 0.3) is 21.1 Å². The second-order valence-electron chi connectivity index (χ2n) is 8.11. The Balaban J connectivity index is 1.85. The Hall–Kier alpha value is -3.33. The number of benzene rings is 1. The van der Waals surface area contributed by atoms with E-state index in [-0.39, 0.29) is 44.8 Å². The Morgan fingerprint density at radius 3 is 2.79 bits per heavy atom. The molecule has 33 heavy (non-hydrogen) atoms. The maximum Gasteiger partial charge on any atom is 0.202 e. The van der Waals surface area contributed by atoms with Crippen LogP contribution in [0.2, 0.25) is 0 Å². The van der Waals surface area contributed by atoms with Crippen LogP contribution < -0.4 is 26.3 Å². The van der Waals surface area contributed by atoms with Crippen molar-refractivity contribution in [1.29, 1.82) is 5.26 Å². The van der Waals surface area contributed by atoms with Crippen LogP contribution in [0.1, 0.15) is 23.8 Å². The molecule has 1 saturated carbocycles. The number of fused-ring (bicyclic) bond motifs is 2. The summed E-state index contributed by atoms with van der Waals surface area (Å²) in [7, 11) is 2.92. The van der Waals surface area contributed by atoms with Crippen LogP contribution in [0.15, 0.2) is 22.8 Å². The molecule has 4 N–H and O–H groups in total. The Kier molecular flexibility index (Phi) is 5.16. The van der Waals surface area contributed by atoms with E-state index in [4.69, 9.17) is 15.3 Å². The summed E-state index contributed by atoms with van der Waals surface area (Å²) in [6.07, 6.45) is 3.45. The van der Waals surface area contributed by atoms with E-state index in [1.54, 1.807) is 11.1 Å². The standard InChI is InChI=1S/C22H22FN5O4S/c1-31-21-17-12(5-13(23)18(21)27-8-10(6-24)14(9-27)26-32-2)19(29)16-20(30)15(7-25)33-22(16)28(17)11-3-4-11/h5,9-11,26,30H,3-4,6,8,24H2,1-2H3. The van der Waals surface area contributed by atoms with Crippen LogP contribution >= 0.6 is 11.3 Å². The van der Waals surface area contributed by atoms with Crippen molar-refractivity contribution in [1.82, 2.24) is 10.0 Å². The van der Waals surface area contributed by atoms with Gasteiger partial charge in [0.05, 0.1) is 30.8 Å². The highest BCUT2D eigenvalue weighted by molar-refractivity contribution is 7.19. The van der Waals surface area contributed by atoms with Crippen LogP contribution in [-0.2, 0) is 4.84 Å². The minimum atomic E-state index is -0.640. The topological polar surface area (TPSA) is 126 Å². The molecule has 1 atom stereocenters. The monoisotopic (exact) mass is 471 g/mol. The van der Waals surface area contributed by atoms with E-state index in [1.165, 1.54) is 20.3 Å². The number of hydrogen-bond acceptors (Lipinski definition) is 9. The van der Waals surface area contributed by atoms with Gasteiger partial charge in [0.1, 0.15) is 26.9 Å². The van der Waals surface area contributed by atoms with Gasteiger partial charge in [-0.05, 0) is 18.9 Å². The largest absolute Gasteiger partial charge is 0.505 e. The Bertz CT molecular complexity index is 1420. The van der Waals surface area contributed by atoms with Gasteiger partial charge in [-0.15, -0.1) is 11.3 Å². The summed E-state index contributed by atoms with van der Waals surface area (Å²) in [5.41, 5.74) is 9.50. The molecule has 1 fully saturated rings. The van der Waals surface area contributed by atoms with Crippen LogP contribution in [0.3, 0.4) is 0 Å². The summed E-state index contributed by atoms with van der Waals surface area (Å²) < 4.78 is 23.2. The second kappa shape index (κ2) is 7.91. The number of aromatic nitrogens is 1. The first-order valence-electron chi connectivity index (χ1n) is 10.4. The Morgan fingerprint density at radius 1 is 1.42 bits per heavy atom. The molecule has 2 aliphatic rings. The number of halogens is 1. The highest BCUT2D eigenvalue weighted by Crippen LogP contribution is 2.48. The normalized spacial score (nSPS) is 18.1. The molecule has 2 aromatic heterocycles. The first-order valence-corrected chi connectivity index (χ1v) is 11.2. The Morgan fingerprint density at radius 2 is 2.18 bits per heavy atom. The minimum absolute atomic E-state index is 0.0426. The van der Waals surface area contributed by atoms with Crippen molar-refractivity contribution in [3.8, 4) is 17.6 Å². The lowest BCUT2D eigenvalue weighted by Crippen LogP contribution is -2.27. The predicted molar refractivity (Wildman–Crippen MR) is 123 cm³/mol. The van der Waals surface area contributed by atoms with Gasteiger partial charge in [-0.25, -0.2) is 4.39 Å². The van der Waals surface area contributed by atoms with Crippen LogP contribution in [0.5, 0.6) is 11.5 Å². The molecule has 0 radical (unpaired) electrons. The van der Waals surface area contributed by atoms with Gasteiger partial charge in [0.2, 0.25) is 5.43 Å². The fourth-order valence-corrected chi connectivity index (χ4v) is 5.57. The molecule has 0 spiro atoms. The van der Waals surface area contributed by atoms with E-state index in [0.29, 0.717) is 29.1 Å². The molecule has 0 bridgehead atoms. The molecule has 5 rings (SSSR count). The van der Waals surface area contributed by atoms with Gasteiger partial charge < -0.3 is 25.0 Å². The van der Waals surface area contributed by atoms with Crippen molar-refractivity contribution >= 4 is 38.1 Å². The molecule has 1 aliphatic heterocycles. The predicted octanol–water partition coefficient (Wildman–Crippen LogP) is 2.66. The summed E-state index contributed by atoms with van der Waals surface area (Å²) in [4.78, 5) is 20.6. The van der Waals surface area contributed by atoms with E-state index in [1.807, 2.05) is 10.6 Å². The number of rotatable bonds is 6. The molecule has 0 amide bonds. The quantitative estimate of drug-likeness (QED) is 0.469. The molecular weight excluding hydrogens is 449 g/mol. The average Bonchev–Trinajstić information content (AvgIpc) is 3.48. The number of pyridine rings is 1. The van der Waals surface area contributed by atoms with Crippen molar-refractivity contribution in [2.24, 2.45) is 11.7 Å². The third-order valence-corrected chi connectivity index (χ3v) is 7.22. The second-order valence-corrected chi connectivity index (χ2v) is 9.11. The number of aromatic hydroxyl groups is 1. The van der Waals surface area contributed by atoms with Crippen LogP contribution in [-0.4, -0.2) is 37.0 Å². The summed E-state index contributed by atoms with van der Waals surface area (Å²) in [5, 5.41) is 20.1. The lowest BCUT2D eigenvalue weighted by Gasteiger charge is -2.24. The average molecular weight is 472 g/mol. The first kappa shape index (κ1) is 21.5. The third kappa shape index (κ3) is 3.13. The van der Waals surface area contributed by atoms with Crippen molar-refractivity contribution in [2.75, 3.05) is 32.2 Å². The fraction of sp³-hybridized carbons (Fsp3) is 0.364. The zero-order chi connectivity index (χ0) is 23.4. The highest BCUT2D eigenvalue weighted by atomic mass is 32.1. The fourth-order valence-electron chi connectivity index (χ4n) is 4.50. The molecule has 3 aromatic rings. The molecule has 172 valence electrons. The van der Waals surface area contributed by atoms with Gasteiger partial charge >= 0.3 is 0 Å². The summed E-state index contributed by atoms with van der Waals surface area (Å²) in [5.74, 6) is -0.886. The van der Waals surface area contributed by atoms with Gasteiger partial charge in [-0.2, -0.15) is 5.26 Å². The van der Waals surface area contributed by atoms with E-state index in [2.05, 4.69) is 5.48 Å². The number of thiophene rings is 1. The van der Waals surface area contributed by atoms with E-state index in [9.17, 15) is 15.2 Å². The van der Waals surface area contributed by atoms with Crippen molar-refractivity contribution < 1.29 is 19.1 Å². The van der Waals surface area contributed by atoms with Crippen molar-refractivity contribution in [3.63, 3.8) is 0 Å². The van der Waals surface area contributed by atoms with Crippen molar-refractivity contribution in [2.45, 2.75) is 18.9 Å². The zero-order valence-electron chi connectivity index (χ0n) is 18.0. The minimum Gasteiger partial charge on any atom is -0.505 e. The molecule has 11 heteroatoms. The SMILES string of the molecule is CONC1=CN(c2c(F)cc3c(=O)c4c(O)c(C#N)sc4n(C4CC4)c3c2OC)CC1CN. The van der Waals surface area contributed by atoms with Gasteiger partial charge in [0, 0.05) is 31.2 Å². The molecular formula is C22H22FN5O4S. The molecule has 1 aromatic carbocycles. The number of nitrogens with two attached hydrogens (primary N) is 1. The highest BCUT2D eigenvalue weighted by Gasteiger charge is 2.35. The number of methoxy groups -OCH3 is 1. The first-order chi connectivity index (χ1) is 15.9. The van der Waals surface area contributed by atoms with E-state index < -0.39 is 11.2 Å². The van der Waals surface area contributed by atoms with E-state index >= 15 is 4.39 Å². The number of hydrogen-bond donors (Lipinski definition) is 3. The number of nitrogens with zero attached hydrogens (tertiary/aromatic N) is 3. The number of nitrogens with one attached hydrogen (secondary N) is 1. The smallest absolute Gasteiger partial charge is 0.202 e. The van der Waals surface area contributed by atoms with Crippen LogP contribution in [0.4, 0.5) is 10.1 Å². The molecule has 3 heterocycles. The molecule has 0 saturated heterocycles. The lowest BCUT2D eigenvalue weighted by molar-refractivity contribution is 0.110. The van der Waals surface area contributed by atoms with Crippen LogP contribution in [0, 0.1) is 23.1 Å². The summed E-state index contributed by atoms with van der Waals surface area (Å²) in [6, 6.07) is 3.19. The van der Waals surface area contributed by atoms with Gasteiger partial charge in [0.25, 0.3) is 0 Å². The Labute approximate surface area is 192 Å². The number of nitriles is 1. The molecule has 1 unspecified atom stereocenters. The van der Waals surface area contributed by atoms with Gasteiger partial charge in [-0.1, -0.05) is 0 Å². The van der Waals surface area contributed by atoms with Gasteiger partial charge in [-0.3, -0.25) is 15.1 Å². The summed E-state index contributed by atoms with van der Waals surface area (Å²) in [6.45, 7) is 0.726. The number of ether oxygens (including phenoxy) is 1.